The van der Waals surface area contributed by atoms with Crippen molar-refractivity contribution in [2.45, 2.75) is 39.0 Å². The Morgan fingerprint density at radius 2 is 1.86 bits per heavy atom. The summed E-state index contributed by atoms with van der Waals surface area (Å²) in [5.41, 5.74) is -0.816. The van der Waals surface area contributed by atoms with Gasteiger partial charge in [0.1, 0.15) is 12.0 Å². The summed E-state index contributed by atoms with van der Waals surface area (Å²) in [5.74, 6) is -1.24. The summed E-state index contributed by atoms with van der Waals surface area (Å²) in [6.45, 7) is 1.33. The van der Waals surface area contributed by atoms with E-state index in [9.17, 15) is 9.59 Å². The number of aliphatic carboxylic acids is 1. The highest BCUT2D eigenvalue weighted by atomic mass is 16.5. The van der Waals surface area contributed by atoms with Gasteiger partial charge in [-0.15, -0.1) is 0 Å². The van der Waals surface area contributed by atoms with Crippen LogP contribution >= 0.6 is 0 Å². The molecule has 0 atom stereocenters. The molecule has 0 aliphatic heterocycles. The largest absolute Gasteiger partial charge is 0.481 e. The fraction of sp³-hybridized carbons (Fsp3) is 0.800. The van der Waals surface area contributed by atoms with Crippen molar-refractivity contribution in [1.82, 2.24) is 0 Å². The minimum Gasteiger partial charge on any atom is -0.481 e. The number of hydrogen-bond donors (Lipinski definition) is 1. The van der Waals surface area contributed by atoms with Crippen LogP contribution in [0.1, 0.15) is 39.0 Å². The third kappa shape index (κ3) is 2.47. The van der Waals surface area contributed by atoms with E-state index < -0.39 is 17.4 Å². The number of carboxylic acid groups (broad SMARTS) is 1. The van der Waals surface area contributed by atoms with Gasteiger partial charge in [0.25, 0.3) is 0 Å². The minimum absolute atomic E-state index is 0.0255. The van der Waals surface area contributed by atoms with E-state index >= 15 is 0 Å². The number of esters is 1. The molecule has 0 aromatic rings. The number of carbonyl (C=O) groups is 2. The number of rotatable bonds is 3. The Kier molecular flexibility index (Phi) is 3.49. The average Bonchev–Trinajstić information content (AvgIpc) is 2.16. The van der Waals surface area contributed by atoms with E-state index in [1.807, 2.05) is 0 Å². The third-order valence-corrected chi connectivity index (χ3v) is 2.82. The van der Waals surface area contributed by atoms with Crippen LogP contribution in [0.2, 0.25) is 0 Å². The van der Waals surface area contributed by atoms with Gasteiger partial charge in [0.2, 0.25) is 0 Å². The van der Waals surface area contributed by atoms with Gasteiger partial charge in [-0.05, 0) is 12.8 Å². The second-order valence-corrected chi connectivity index (χ2v) is 3.93. The molecule has 1 fully saturated rings. The van der Waals surface area contributed by atoms with Crippen LogP contribution in [0.15, 0.2) is 0 Å². The van der Waals surface area contributed by atoms with Crippen LogP contribution in [0.5, 0.6) is 0 Å². The van der Waals surface area contributed by atoms with Crippen molar-refractivity contribution in [3.63, 3.8) is 0 Å². The molecule has 0 radical (unpaired) electrons. The maximum Gasteiger partial charge on any atom is 0.313 e. The summed E-state index contributed by atoms with van der Waals surface area (Å²) in [5, 5.41) is 9.11. The van der Waals surface area contributed by atoms with Crippen LogP contribution in [-0.2, 0) is 14.3 Å². The molecule has 1 aliphatic carbocycles. The van der Waals surface area contributed by atoms with Gasteiger partial charge in [-0.3, -0.25) is 9.59 Å². The second kappa shape index (κ2) is 4.44. The predicted octanol–water partition coefficient (Wildman–Crippen LogP) is 1.58. The van der Waals surface area contributed by atoms with E-state index in [1.54, 1.807) is 0 Å². The van der Waals surface area contributed by atoms with Crippen LogP contribution < -0.4 is 0 Å². The first kappa shape index (κ1) is 11.0. The lowest BCUT2D eigenvalue weighted by Gasteiger charge is -2.32. The summed E-state index contributed by atoms with van der Waals surface area (Å²) < 4.78 is 4.83. The maximum absolute atomic E-state index is 11.1. The SMILES string of the molecule is CC(=O)OCC1(C(=O)O)CCCCC1. The molecule has 0 aromatic heterocycles. The predicted molar refractivity (Wildman–Crippen MR) is 49.8 cm³/mol. The van der Waals surface area contributed by atoms with Gasteiger partial charge in [0.05, 0.1) is 0 Å². The van der Waals surface area contributed by atoms with E-state index in [0.29, 0.717) is 12.8 Å². The first-order chi connectivity index (χ1) is 6.57. The third-order valence-electron chi connectivity index (χ3n) is 2.82. The molecule has 0 spiro atoms. The number of carbonyl (C=O) groups excluding carboxylic acids is 1. The van der Waals surface area contributed by atoms with Crippen LogP contribution in [0, 0.1) is 5.41 Å². The first-order valence-corrected chi connectivity index (χ1v) is 4.94. The lowest BCUT2D eigenvalue weighted by molar-refractivity contribution is -0.160. The number of carboxylic acids is 1. The zero-order chi connectivity index (χ0) is 10.6. The summed E-state index contributed by atoms with van der Waals surface area (Å²) >= 11 is 0. The Hall–Kier alpha value is -1.06. The average molecular weight is 200 g/mol. The van der Waals surface area contributed by atoms with Crippen molar-refractivity contribution in [1.29, 1.82) is 0 Å². The van der Waals surface area contributed by atoms with E-state index in [1.165, 1.54) is 6.92 Å². The summed E-state index contributed by atoms with van der Waals surface area (Å²) in [6.07, 6.45) is 4.14. The molecule has 0 saturated heterocycles. The van der Waals surface area contributed by atoms with E-state index in [4.69, 9.17) is 9.84 Å². The molecule has 80 valence electrons. The Morgan fingerprint density at radius 3 is 2.29 bits per heavy atom. The summed E-state index contributed by atoms with van der Waals surface area (Å²) in [6, 6.07) is 0. The van der Waals surface area contributed by atoms with Gasteiger partial charge in [-0.2, -0.15) is 0 Å². The Morgan fingerprint density at radius 1 is 1.29 bits per heavy atom. The highest BCUT2D eigenvalue weighted by molar-refractivity contribution is 5.75. The minimum atomic E-state index is -0.835. The zero-order valence-corrected chi connectivity index (χ0v) is 8.41. The molecule has 0 aromatic carbocycles. The van der Waals surface area contributed by atoms with Crippen LogP contribution in [-0.4, -0.2) is 23.7 Å². The number of hydrogen-bond acceptors (Lipinski definition) is 3. The van der Waals surface area contributed by atoms with Crippen molar-refractivity contribution in [2.75, 3.05) is 6.61 Å². The highest BCUT2D eigenvalue weighted by Gasteiger charge is 2.40. The second-order valence-electron chi connectivity index (χ2n) is 3.93. The molecule has 1 aliphatic rings. The molecule has 4 nitrogen and oxygen atoms in total. The van der Waals surface area contributed by atoms with Crippen LogP contribution in [0.3, 0.4) is 0 Å². The quantitative estimate of drug-likeness (QED) is 0.702. The van der Waals surface area contributed by atoms with Crippen molar-refractivity contribution in [2.24, 2.45) is 5.41 Å². The normalized spacial score (nSPS) is 20.1. The number of ether oxygens (including phenoxy) is 1. The fourth-order valence-electron chi connectivity index (χ4n) is 1.89. The van der Waals surface area contributed by atoms with Crippen LogP contribution in [0.4, 0.5) is 0 Å². The van der Waals surface area contributed by atoms with Crippen molar-refractivity contribution < 1.29 is 19.4 Å². The van der Waals surface area contributed by atoms with E-state index in [0.717, 1.165) is 19.3 Å². The zero-order valence-electron chi connectivity index (χ0n) is 8.41. The van der Waals surface area contributed by atoms with Crippen LogP contribution in [0.25, 0.3) is 0 Å². The smallest absolute Gasteiger partial charge is 0.313 e. The van der Waals surface area contributed by atoms with Gasteiger partial charge in [0.15, 0.2) is 0 Å². The Labute approximate surface area is 83.2 Å². The van der Waals surface area contributed by atoms with Gasteiger partial charge < -0.3 is 9.84 Å². The molecular formula is C10H16O4. The fourth-order valence-corrected chi connectivity index (χ4v) is 1.89. The molecule has 1 rings (SSSR count). The molecule has 0 unspecified atom stereocenters. The lowest BCUT2D eigenvalue weighted by Crippen LogP contribution is -2.38. The van der Waals surface area contributed by atoms with E-state index in [-0.39, 0.29) is 6.61 Å². The van der Waals surface area contributed by atoms with Gasteiger partial charge in [0, 0.05) is 6.92 Å². The van der Waals surface area contributed by atoms with Gasteiger partial charge in [-0.25, -0.2) is 0 Å². The highest BCUT2D eigenvalue weighted by Crippen LogP contribution is 2.36. The maximum atomic E-state index is 11.1. The molecule has 4 heteroatoms. The Balaban J connectivity index is 2.60. The van der Waals surface area contributed by atoms with Gasteiger partial charge in [-0.1, -0.05) is 19.3 Å². The molecule has 1 saturated carbocycles. The molecule has 1 N–H and O–H groups in total. The molecule has 0 amide bonds. The van der Waals surface area contributed by atoms with Gasteiger partial charge >= 0.3 is 11.9 Å². The lowest BCUT2D eigenvalue weighted by atomic mass is 9.75. The molecule has 0 bridgehead atoms. The standard InChI is InChI=1S/C10H16O4/c1-8(11)14-7-10(9(12)13)5-3-2-4-6-10/h2-7H2,1H3,(H,12,13). The molecular weight excluding hydrogens is 184 g/mol. The van der Waals surface area contributed by atoms with Crippen molar-refractivity contribution >= 4 is 11.9 Å². The Bertz CT molecular complexity index is 228. The first-order valence-electron chi connectivity index (χ1n) is 4.94. The molecule has 14 heavy (non-hydrogen) atoms. The summed E-state index contributed by atoms with van der Waals surface area (Å²) in [4.78, 5) is 21.7. The van der Waals surface area contributed by atoms with Crippen molar-refractivity contribution in [3.05, 3.63) is 0 Å². The van der Waals surface area contributed by atoms with E-state index in [2.05, 4.69) is 0 Å². The topological polar surface area (TPSA) is 63.6 Å². The monoisotopic (exact) mass is 200 g/mol. The molecule has 0 heterocycles. The van der Waals surface area contributed by atoms with Crippen molar-refractivity contribution in [3.8, 4) is 0 Å². The summed E-state index contributed by atoms with van der Waals surface area (Å²) in [7, 11) is 0.